The number of fused-ring (bicyclic) bond motifs is 1. The predicted molar refractivity (Wildman–Crippen MR) is 84.3 cm³/mol. The molecule has 0 bridgehead atoms. The molecule has 0 N–H and O–H groups in total. The lowest BCUT2D eigenvalue weighted by Crippen LogP contribution is -2.54. The van der Waals surface area contributed by atoms with E-state index in [9.17, 15) is 9.18 Å². The summed E-state index contributed by atoms with van der Waals surface area (Å²) in [5.74, 6) is 0.320. The Hall–Kier alpha value is -2.74. The normalized spacial score (nSPS) is 14.9. The molecule has 8 heteroatoms. The van der Waals surface area contributed by atoms with Crippen molar-refractivity contribution in [3.05, 3.63) is 47.6 Å². The Kier molecular flexibility index (Phi) is 3.96. The fourth-order valence-electron chi connectivity index (χ4n) is 2.77. The van der Waals surface area contributed by atoms with E-state index < -0.39 is 5.82 Å². The van der Waals surface area contributed by atoms with E-state index >= 15 is 0 Å². The molecule has 2 aromatic heterocycles. The summed E-state index contributed by atoms with van der Waals surface area (Å²) in [5.41, 5.74) is 0.622. The predicted octanol–water partition coefficient (Wildman–Crippen LogP) is 2.56. The summed E-state index contributed by atoms with van der Waals surface area (Å²) in [6.45, 7) is 2.99. The molecule has 1 saturated heterocycles. The number of rotatable bonds is 5. The van der Waals surface area contributed by atoms with Gasteiger partial charge in [-0.1, -0.05) is 12.1 Å². The van der Waals surface area contributed by atoms with Crippen molar-refractivity contribution in [1.29, 1.82) is 0 Å². The van der Waals surface area contributed by atoms with Crippen LogP contribution in [0.4, 0.5) is 4.39 Å². The third-order valence-electron chi connectivity index (χ3n) is 4.15. The molecule has 7 nitrogen and oxygen atoms in total. The number of nitrogens with zero attached hydrogens (tertiary/aromatic N) is 3. The zero-order chi connectivity index (χ0) is 17.4. The van der Waals surface area contributed by atoms with Crippen molar-refractivity contribution in [2.75, 3.05) is 13.1 Å². The number of likely N-dealkylation sites (tertiary alicyclic amines) is 1. The van der Waals surface area contributed by atoms with Gasteiger partial charge in [0, 0.05) is 24.9 Å². The summed E-state index contributed by atoms with van der Waals surface area (Å²) in [5, 5.41) is 4.36. The molecule has 4 rings (SSSR count). The standard InChI is InChI=1S/C17H16FN3O4/c1-2-14-19-15(25-20-14)9-24-12-7-21(8-12)17(22)13-6-11(18)5-10-3-4-23-16(10)13/h3-6,12H,2,7-9H2,1H3. The van der Waals surface area contributed by atoms with Crippen molar-refractivity contribution in [3.63, 3.8) is 0 Å². The number of hydrogen-bond acceptors (Lipinski definition) is 6. The van der Waals surface area contributed by atoms with Gasteiger partial charge < -0.3 is 18.6 Å². The van der Waals surface area contributed by atoms with Crippen molar-refractivity contribution in [3.8, 4) is 0 Å². The lowest BCUT2D eigenvalue weighted by atomic mass is 10.1. The van der Waals surface area contributed by atoms with Gasteiger partial charge in [0.15, 0.2) is 5.82 Å². The highest BCUT2D eigenvalue weighted by molar-refractivity contribution is 6.05. The van der Waals surface area contributed by atoms with Crippen LogP contribution in [0.3, 0.4) is 0 Å². The van der Waals surface area contributed by atoms with Gasteiger partial charge in [-0.05, 0) is 18.2 Å². The Bertz CT molecular complexity index is 914. The number of halogens is 1. The molecule has 0 radical (unpaired) electrons. The van der Waals surface area contributed by atoms with Crippen LogP contribution >= 0.6 is 0 Å². The van der Waals surface area contributed by atoms with Gasteiger partial charge in [-0.15, -0.1) is 0 Å². The fourth-order valence-corrected chi connectivity index (χ4v) is 2.77. The van der Waals surface area contributed by atoms with Gasteiger partial charge in [0.25, 0.3) is 11.8 Å². The number of benzene rings is 1. The molecule has 0 spiro atoms. The summed E-state index contributed by atoms with van der Waals surface area (Å²) >= 11 is 0. The van der Waals surface area contributed by atoms with Gasteiger partial charge >= 0.3 is 0 Å². The van der Waals surface area contributed by atoms with Gasteiger partial charge in [-0.3, -0.25) is 4.79 Å². The minimum Gasteiger partial charge on any atom is -0.464 e. The number of carbonyl (C=O) groups is 1. The highest BCUT2D eigenvalue weighted by Crippen LogP contribution is 2.25. The summed E-state index contributed by atoms with van der Waals surface area (Å²) in [6.07, 6.45) is 2.03. The van der Waals surface area contributed by atoms with E-state index in [1.54, 1.807) is 11.0 Å². The highest BCUT2D eigenvalue weighted by atomic mass is 19.1. The van der Waals surface area contributed by atoms with E-state index in [4.69, 9.17) is 13.7 Å². The minimum atomic E-state index is -0.464. The Balaban J connectivity index is 1.36. The van der Waals surface area contributed by atoms with E-state index in [0.29, 0.717) is 42.2 Å². The van der Waals surface area contributed by atoms with Crippen LogP contribution in [0.15, 0.2) is 33.4 Å². The van der Waals surface area contributed by atoms with Crippen LogP contribution in [0.25, 0.3) is 11.0 Å². The molecular weight excluding hydrogens is 329 g/mol. The number of carbonyl (C=O) groups excluding carboxylic acids is 1. The summed E-state index contributed by atoms with van der Waals surface area (Å²) < 4.78 is 29.7. The van der Waals surface area contributed by atoms with Crippen molar-refractivity contribution >= 4 is 16.9 Å². The molecule has 1 aliphatic heterocycles. The first-order valence-electron chi connectivity index (χ1n) is 8.03. The first kappa shape index (κ1) is 15.8. The van der Waals surface area contributed by atoms with Crippen LogP contribution in [-0.2, 0) is 17.8 Å². The Morgan fingerprint density at radius 3 is 3.04 bits per heavy atom. The smallest absolute Gasteiger partial charge is 0.257 e. The van der Waals surface area contributed by atoms with E-state index in [0.717, 1.165) is 0 Å². The molecule has 1 aliphatic rings. The zero-order valence-corrected chi connectivity index (χ0v) is 13.6. The molecule has 0 saturated carbocycles. The number of furan rings is 1. The van der Waals surface area contributed by atoms with Gasteiger partial charge in [0.2, 0.25) is 0 Å². The molecule has 25 heavy (non-hydrogen) atoms. The van der Waals surface area contributed by atoms with E-state index in [1.807, 2.05) is 6.92 Å². The van der Waals surface area contributed by atoms with Crippen molar-refractivity contribution in [2.45, 2.75) is 26.1 Å². The van der Waals surface area contributed by atoms with Gasteiger partial charge in [-0.2, -0.15) is 4.98 Å². The Morgan fingerprint density at radius 1 is 1.44 bits per heavy atom. The number of aryl methyl sites for hydroxylation is 1. The molecule has 130 valence electrons. The van der Waals surface area contributed by atoms with E-state index in [-0.39, 0.29) is 24.2 Å². The quantitative estimate of drug-likeness (QED) is 0.707. The molecule has 0 unspecified atom stereocenters. The van der Waals surface area contributed by atoms with Crippen LogP contribution in [0.2, 0.25) is 0 Å². The Labute approximate surface area is 142 Å². The molecule has 1 amide bonds. The molecule has 3 aromatic rings. The Morgan fingerprint density at radius 2 is 2.28 bits per heavy atom. The van der Waals surface area contributed by atoms with E-state index in [1.165, 1.54) is 18.4 Å². The van der Waals surface area contributed by atoms with Gasteiger partial charge in [0.1, 0.15) is 18.0 Å². The maximum absolute atomic E-state index is 13.7. The zero-order valence-electron chi connectivity index (χ0n) is 13.6. The largest absolute Gasteiger partial charge is 0.464 e. The van der Waals surface area contributed by atoms with Crippen LogP contribution in [0.5, 0.6) is 0 Å². The molecule has 1 fully saturated rings. The second kappa shape index (κ2) is 6.29. The van der Waals surface area contributed by atoms with Crippen LogP contribution in [0, 0.1) is 5.82 Å². The average Bonchev–Trinajstić information content (AvgIpc) is 3.20. The first-order chi connectivity index (χ1) is 12.1. The summed E-state index contributed by atoms with van der Waals surface area (Å²) in [7, 11) is 0. The highest BCUT2D eigenvalue weighted by Gasteiger charge is 2.33. The summed E-state index contributed by atoms with van der Waals surface area (Å²) in [6, 6.07) is 4.17. The fraction of sp³-hybridized carbons (Fsp3) is 0.353. The van der Waals surface area contributed by atoms with Crippen molar-refractivity contribution in [2.24, 2.45) is 0 Å². The molecule has 0 aliphatic carbocycles. The number of hydrogen-bond donors (Lipinski definition) is 0. The van der Waals surface area contributed by atoms with Gasteiger partial charge in [0.05, 0.1) is 17.9 Å². The molecular formula is C17H16FN3O4. The third-order valence-corrected chi connectivity index (χ3v) is 4.15. The maximum Gasteiger partial charge on any atom is 0.257 e. The second-order valence-electron chi connectivity index (χ2n) is 5.89. The van der Waals surface area contributed by atoms with Crippen LogP contribution in [0.1, 0.15) is 29.0 Å². The second-order valence-corrected chi connectivity index (χ2v) is 5.89. The lowest BCUT2D eigenvalue weighted by Gasteiger charge is -2.38. The van der Waals surface area contributed by atoms with Crippen LogP contribution < -0.4 is 0 Å². The van der Waals surface area contributed by atoms with Gasteiger partial charge in [-0.25, -0.2) is 4.39 Å². The topological polar surface area (TPSA) is 81.6 Å². The average molecular weight is 345 g/mol. The monoisotopic (exact) mass is 345 g/mol. The van der Waals surface area contributed by atoms with Crippen LogP contribution in [-0.4, -0.2) is 40.1 Å². The maximum atomic E-state index is 13.7. The van der Waals surface area contributed by atoms with Crippen molar-refractivity contribution in [1.82, 2.24) is 15.0 Å². The van der Waals surface area contributed by atoms with E-state index in [2.05, 4.69) is 10.1 Å². The third kappa shape index (κ3) is 3.00. The first-order valence-corrected chi connectivity index (χ1v) is 8.03. The molecule has 1 aromatic carbocycles. The number of aromatic nitrogens is 2. The SMILES string of the molecule is CCc1noc(COC2CN(C(=O)c3cc(F)cc4ccoc34)C2)n1. The number of amides is 1. The summed E-state index contributed by atoms with van der Waals surface area (Å²) in [4.78, 5) is 18.3. The van der Waals surface area contributed by atoms with Crippen molar-refractivity contribution < 1.29 is 22.9 Å². The number of ether oxygens (including phenoxy) is 1. The minimum absolute atomic E-state index is 0.110. The molecule has 0 atom stereocenters. The molecule has 3 heterocycles. The lowest BCUT2D eigenvalue weighted by molar-refractivity contribution is -0.0568.